The third-order valence-electron chi connectivity index (χ3n) is 2.82. The Morgan fingerprint density at radius 1 is 1.16 bits per heavy atom. The molecule has 0 fully saturated rings. The highest BCUT2D eigenvalue weighted by Gasteiger charge is 2.08. The summed E-state index contributed by atoms with van der Waals surface area (Å²) in [5.74, 6) is 0.775. The fourth-order valence-corrected chi connectivity index (χ4v) is 2.03. The molecule has 2 rings (SSSR count). The number of rotatable bonds is 4. The molecule has 0 saturated heterocycles. The van der Waals surface area contributed by atoms with Gasteiger partial charge in [0.05, 0.1) is 12.8 Å². The molecule has 3 N–H and O–H groups in total. The first-order chi connectivity index (χ1) is 9.11. The van der Waals surface area contributed by atoms with E-state index in [1.54, 1.807) is 7.11 Å². The van der Waals surface area contributed by atoms with E-state index in [0.717, 1.165) is 28.3 Å². The van der Waals surface area contributed by atoms with Gasteiger partial charge in [-0.05, 0) is 31.2 Å². The van der Waals surface area contributed by atoms with Crippen molar-refractivity contribution in [1.82, 2.24) is 0 Å². The number of nitrogens with one attached hydrogen (secondary N) is 1. The Kier molecular flexibility index (Phi) is 4.02. The Morgan fingerprint density at radius 2 is 1.89 bits per heavy atom. The van der Waals surface area contributed by atoms with E-state index in [1.807, 2.05) is 49.4 Å². The molecule has 0 unspecified atom stereocenters. The van der Waals surface area contributed by atoms with Crippen molar-refractivity contribution in [2.75, 3.05) is 12.4 Å². The zero-order chi connectivity index (χ0) is 13.8. The molecule has 0 aromatic heterocycles. The second-order valence-corrected chi connectivity index (χ2v) is 4.68. The van der Waals surface area contributed by atoms with Crippen molar-refractivity contribution in [3.63, 3.8) is 0 Å². The van der Waals surface area contributed by atoms with Gasteiger partial charge in [0, 0.05) is 11.3 Å². The lowest BCUT2D eigenvalue weighted by Gasteiger charge is -2.14. The van der Waals surface area contributed by atoms with Crippen molar-refractivity contribution in [3.05, 3.63) is 53.6 Å². The Hall–Kier alpha value is -2.07. The summed E-state index contributed by atoms with van der Waals surface area (Å²) >= 11 is 5.09. The molecule has 0 aliphatic carbocycles. The van der Waals surface area contributed by atoms with Crippen LogP contribution in [-0.4, -0.2) is 12.1 Å². The number of thiocarbonyl (C=S) groups is 1. The van der Waals surface area contributed by atoms with Crippen LogP contribution in [0.1, 0.15) is 11.1 Å². The van der Waals surface area contributed by atoms with Gasteiger partial charge in [0.2, 0.25) is 0 Å². The van der Waals surface area contributed by atoms with Gasteiger partial charge < -0.3 is 15.8 Å². The molecule has 0 atom stereocenters. The van der Waals surface area contributed by atoms with Gasteiger partial charge in [-0.3, -0.25) is 0 Å². The summed E-state index contributed by atoms with van der Waals surface area (Å²) < 4.78 is 5.32. The van der Waals surface area contributed by atoms with Crippen LogP contribution in [0, 0.1) is 6.92 Å². The normalized spacial score (nSPS) is 10.0. The Labute approximate surface area is 118 Å². The molecule has 0 bridgehead atoms. The molecule has 0 spiro atoms. The van der Waals surface area contributed by atoms with E-state index in [0.29, 0.717) is 4.99 Å². The van der Waals surface area contributed by atoms with Crippen molar-refractivity contribution in [2.24, 2.45) is 5.73 Å². The largest absolute Gasteiger partial charge is 0.495 e. The molecule has 2 aromatic carbocycles. The lowest BCUT2D eigenvalue weighted by Crippen LogP contribution is -2.12. The number of para-hydroxylation sites is 2. The summed E-state index contributed by atoms with van der Waals surface area (Å²) in [7, 11) is 1.64. The first-order valence-electron chi connectivity index (χ1n) is 5.92. The van der Waals surface area contributed by atoms with Crippen LogP contribution in [0.3, 0.4) is 0 Å². The van der Waals surface area contributed by atoms with Crippen molar-refractivity contribution < 1.29 is 4.74 Å². The molecular weight excluding hydrogens is 256 g/mol. The molecule has 0 aliphatic heterocycles. The fourth-order valence-electron chi connectivity index (χ4n) is 1.86. The number of nitrogens with two attached hydrogens (primary N) is 1. The molecule has 0 radical (unpaired) electrons. The predicted molar refractivity (Wildman–Crippen MR) is 83.3 cm³/mol. The third kappa shape index (κ3) is 3.03. The summed E-state index contributed by atoms with van der Waals surface area (Å²) in [5, 5.41) is 3.31. The lowest BCUT2D eigenvalue weighted by molar-refractivity contribution is 0.417. The van der Waals surface area contributed by atoms with Gasteiger partial charge in [-0.25, -0.2) is 0 Å². The molecule has 0 heterocycles. The van der Waals surface area contributed by atoms with Crippen molar-refractivity contribution in [1.29, 1.82) is 0 Å². The standard InChI is InChI=1S/C15H16N2OS/c1-10-7-8-12(11(9-10)15(16)19)17-13-5-3-4-6-14(13)18-2/h3-9,17H,1-2H3,(H2,16,19). The topological polar surface area (TPSA) is 47.3 Å². The van der Waals surface area contributed by atoms with E-state index in [4.69, 9.17) is 22.7 Å². The molecule has 19 heavy (non-hydrogen) atoms. The van der Waals surface area contributed by atoms with Gasteiger partial charge in [-0.15, -0.1) is 0 Å². The molecule has 0 saturated carbocycles. The van der Waals surface area contributed by atoms with E-state index in [-0.39, 0.29) is 0 Å². The van der Waals surface area contributed by atoms with Crippen LogP contribution >= 0.6 is 12.2 Å². The SMILES string of the molecule is COc1ccccc1Nc1ccc(C)cc1C(N)=S. The Morgan fingerprint density at radius 3 is 2.58 bits per heavy atom. The van der Waals surface area contributed by atoms with E-state index in [1.165, 1.54) is 0 Å². The Balaban J connectivity index is 2.41. The minimum absolute atomic E-state index is 0.376. The minimum atomic E-state index is 0.376. The summed E-state index contributed by atoms with van der Waals surface area (Å²) in [6, 6.07) is 13.7. The number of benzene rings is 2. The Bertz CT molecular complexity index is 611. The van der Waals surface area contributed by atoms with Crippen molar-refractivity contribution >= 4 is 28.6 Å². The highest BCUT2D eigenvalue weighted by molar-refractivity contribution is 7.80. The maximum Gasteiger partial charge on any atom is 0.142 e. The first-order valence-corrected chi connectivity index (χ1v) is 6.33. The second-order valence-electron chi connectivity index (χ2n) is 4.24. The van der Waals surface area contributed by atoms with Crippen LogP contribution in [-0.2, 0) is 0 Å². The van der Waals surface area contributed by atoms with Crippen LogP contribution in [0.2, 0.25) is 0 Å². The van der Waals surface area contributed by atoms with Crippen LogP contribution in [0.15, 0.2) is 42.5 Å². The quantitative estimate of drug-likeness (QED) is 0.838. The molecule has 2 aromatic rings. The number of anilines is 2. The summed E-state index contributed by atoms with van der Waals surface area (Å²) in [6.07, 6.45) is 0. The zero-order valence-corrected chi connectivity index (χ0v) is 11.8. The van der Waals surface area contributed by atoms with Gasteiger partial charge in [-0.2, -0.15) is 0 Å². The van der Waals surface area contributed by atoms with E-state index in [2.05, 4.69) is 5.32 Å². The summed E-state index contributed by atoms with van der Waals surface area (Å²) in [5.41, 5.74) is 9.48. The lowest BCUT2D eigenvalue weighted by atomic mass is 10.1. The van der Waals surface area contributed by atoms with Gasteiger partial charge in [0.15, 0.2) is 0 Å². The molecule has 4 heteroatoms. The summed E-state index contributed by atoms with van der Waals surface area (Å²) in [6.45, 7) is 2.01. The fraction of sp³-hybridized carbons (Fsp3) is 0.133. The van der Waals surface area contributed by atoms with Crippen LogP contribution in [0.4, 0.5) is 11.4 Å². The second kappa shape index (κ2) is 5.71. The molecule has 0 amide bonds. The van der Waals surface area contributed by atoms with Gasteiger partial charge >= 0.3 is 0 Å². The minimum Gasteiger partial charge on any atom is -0.495 e. The van der Waals surface area contributed by atoms with E-state index >= 15 is 0 Å². The predicted octanol–water partition coefficient (Wildman–Crippen LogP) is 3.38. The number of hydrogen-bond acceptors (Lipinski definition) is 3. The average molecular weight is 272 g/mol. The molecule has 3 nitrogen and oxygen atoms in total. The van der Waals surface area contributed by atoms with Gasteiger partial charge in [0.1, 0.15) is 10.7 Å². The summed E-state index contributed by atoms with van der Waals surface area (Å²) in [4.78, 5) is 0.376. The number of hydrogen-bond donors (Lipinski definition) is 2. The zero-order valence-electron chi connectivity index (χ0n) is 10.9. The van der Waals surface area contributed by atoms with Crippen LogP contribution in [0.25, 0.3) is 0 Å². The monoisotopic (exact) mass is 272 g/mol. The first kappa shape index (κ1) is 13.4. The maximum atomic E-state index is 5.77. The van der Waals surface area contributed by atoms with Gasteiger partial charge in [-0.1, -0.05) is 36.0 Å². The van der Waals surface area contributed by atoms with Gasteiger partial charge in [0.25, 0.3) is 0 Å². The number of methoxy groups -OCH3 is 1. The van der Waals surface area contributed by atoms with Crippen LogP contribution in [0.5, 0.6) is 5.75 Å². The van der Waals surface area contributed by atoms with Crippen LogP contribution < -0.4 is 15.8 Å². The highest BCUT2D eigenvalue weighted by Crippen LogP contribution is 2.29. The molecule has 98 valence electrons. The molecular formula is C15H16N2OS. The third-order valence-corrected chi connectivity index (χ3v) is 3.04. The highest BCUT2D eigenvalue weighted by atomic mass is 32.1. The number of aryl methyl sites for hydroxylation is 1. The van der Waals surface area contributed by atoms with E-state index < -0.39 is 0 Å². The van der Waals surface area contributed by atoms with E-state index in [9.17, 15) is 0 Å². The average Bonchev–Trinajstić information content (AvgIpc) is 2.41. The smallest absolute Gasteiger partial charge is 0.142 e. The maximum absolute atomic E-state index is 5.77. The van der Waals surface area contributed by atoms with Crippen molar-refractivity contribution in [2.45, 2.75) is 6.92 Å². The molecule has 0 aliphatic rings. The number of ether oxygens (including phenoxy) is 1. The van der Waals surface area contributed by atoms with Crippen molar-refractivity contribution in [3.8, 4) is 5.75 Å².